The van der Waals surface area contributed by atoms with Crippen molar-refractivity contribution in [1.82, 2.24) is 9.88 Å². The molecular formula is C20H26N4O2. The molecule has 0 aliphatic carbocycles. The molecule has 2 N–H and O–H groups in total. The SMILES string of the molecule is Cc1cccc(N2CCN(CCCNc3cccc(C(=O)O)n3)CC2)c1. The second-order valence-electron chi connectivity index (χ2n) is 6.66. The first-order chi connectivity index (χ1) is 12.6. The van der Waals surface area contributed by atoms with Gasteiger partial charge < -0.3 is 15.3 Å². The van der Waals surface area contributed by atoms with Gasteiger partial charge in [-0.25, -0.2) is 9.78 Å². The van der Waals surface area contributed by atoms with Crippen molar-refractivity contribution < 1.29 is 9.90 Å². The molecule has 26 heavy (non-hydrogen) atoms. The van der Waals surface area contributed by atoms with Gasteiger partial charge in [0.05, 0.1) is 0 Å². The lowest BCUT2D eigenvalue weighted by atomic mass is 10.2. The highest BCUT2D eigenvalue weighted by Crippen LogP contribution is 2.17. The molecule has 0 bridgehead atoms. The molecule has 0 amide bonds. The predicted octanol–water partition coefficient (Wildman–Crippen LogP) is 2.71. The number of piperazine rings is 1. The lowest BCUT2D eigenvalue weighted by molar-refractivity contribution is 0.0690. The average molecular weight is 354 g/mol. The summed E-state index contributed by atoms with van der Waals surface area (Å²) in [5.41, 5.74) is 2.69. The Morgan fingerprint density at radius 1 is 1.15 bits per heavy atom. The number of hydrogen-bond donors (Lipinski definition) is 2. The molecule has 1 aromatic carbocycles. The Kier molecular flexibility index (Phi) is 6.07. The summed E-state index contributed by atoms with van der Waals surface area (Å²) in [5.74, 6) is -0.380. The number of pyridine rings is 1. The predicted molar refractivity (Wildman–Crippen MR) is 104 cm³/mol. The number of nitrogens with zero attached hydrogens (tertiary/aromatic N) is 3. The van der Waals surface area contributed by atoms with Crippen LogP contribution in [0, 0.1) is 6.92 Å². The number of aryl methyl sites for hydroxylation is 1. The fraction of sp³-hybridized carbons (Fsp3) is 0.400. The number of anilines is 2. The van der Waals surface area contributed by atoms with E-state index in [1.54, 1.807) is 12.1 Å². The summed E-state index contributed by atoms with van der Waals surface area (Å²) in [7, 11) is 0. The number of carboxylic acids is 1. The monoisotopic (exact) mass is 354 g/mol. The molecule has 138 valence electrons. The van der Waals surface area contributed by atoms with E-state index >= 15 is 0 Å². The van der Waals surface area contributed by atoms with Crippen LogP contribution in [-0.2, 0) is 0 Å². The number of rotatable bonds is 7. The van der Waals surface area contributed by atoms with Crippen molar-refractivity contribution in [2.24, 2.45) is 0 Å². The maximum Gasteiger partial charge on any atom is 0.354 e. The first-order valence-electron chi connectivity index (χ1n) is 9.10. The van der Waals surface area contributed by atoms with Gasteiger partial charge in [0.1, 0.15) is 5.82 Å². The third-order valence-electron chi connectivity index (χ3n) is 4.66. The third-order valence-corrected chi connectivity index (χ3v) is 4.66. The second-order valence-corrected chi connectivity index (χ2v) is 6.66. The summed E-state index contributed by atoms with van der Waals surface area (Å²) in [6.45, 7) is 8.20. The maximum absolute atomic E-state index is 10.9. The van der Waals surface area contributed by atoms with Crippen molar-refractivity contribution in [2.75, 3.05) is 49.5 Å². The topological polar surface area (TPSA) is 68.7 Å². The van der Waals surface area contributed by atoms with Crippen molar-refractivity contribution in [3.05, 3.63) is 53.7 Å². The number of carbonyl (C=O) groups is 1. The molecule has 0 unspecified atom stereocenters. The van der Waals surface area contributed by atoms with Crippen molar-refractivity contribution in [3.63, 3.8) is 0 Å². The first-order valence-corrected chi connectivity index (χ1v) is 9.10. The maximum atomic E-state index is 10.9. The molecule has 1 aromatic heterocycles. The number of carboxylic acid groups (broad SMARTS) is 1. The fourth-order valence-corrected chi connectivity index (χ4v) is 3.23. The van der Waals surface area contributed by atoms with E-state index in [-0.39, 0.29) is 5.69 Å². The zero-order valence-corrected chi connectivity index (χ0v) is 15.2. The minimum absolute atomic E-state index is 0.0715. The van der Waals surface area contributed by atoms with Crippen LogP contribution in [-0.4, -0.2) is 60.2 Å². The minimum atomic E-state index is -1.000. The lowest BCUT2D eigenvalue weighted by Gasteiger charge is -2.36. The van der Waals surface area contributed by atoms with E-state index in [9.17, 15) is 4.79 Å². The van der Waals surface area contributed by atoms with Crippen LogP contribution in [0.2, 0.25) is 0 Å². The first kappa shape index (κ1) is 18.2. The third kappa shape index (κ3) is 4.95. The van der Waals surface area contributed by atoms with Gasteiger partial charge in [0.25, 0.3) is 0 Å². The van der Waals surface area contributed by atoms with Crippen molar-refractivity contribution >= 4 is 17.5 Å². The summed E-state index contributed by atoms with van der Waals surface area (Å²) in [4.78, 5) is 19.9. The molecule has 0 saturated carbocycles. The summed E-state index contributed by atoms with van der Waals surface area (Å²) in [6, 6.07) is 13.7. The van der Waals surface area contributed by atoms with Gasteiger partial charge in [0, 0.05) is 38.4 Å². The molecule has 0 atom stereocenters. The van der Waals surface area contributed by atoms with Gasteiger partial charge in [0.15, 0.2) is 5.69 Å². The van der Waals surface area contributed by atoms with Crippen LogP contribution in [0.25, 0.3) is 0 Å². The van der Waals surface area contributed by atoms with Crippen LogP contribution in [0.3, 0.4) is 0 Å². The van der Waals surface area contributed by atoms with Gasteiger partial charge in [-0.15, -0.1) is 0 Å². The summed E-state index contributed by atoms with van der Waals surface area (Å²) >= 11 is 0. The van der Waals surface area contributed by atoms with Gasteiger partial charge >= 0.3 is 5.97 Å². The van der Waals surface area contributed by atoms with Crippen LogP contribution < -0.4 is 10.2 Å². The van der Waals surface area contributed by atoms with E-state index in [4.69, 9.17) is 5.11 Å². The molecule has 2 heterocycles. The van der Waals surface area contributed by atoms with E-state index < -0.39 is 5.97 Å². The smallest absolute Gasteiger partial charge is 0.354 e. The van der Waals surface area contributed by atoms with Gasteiger partial charge in [0.2, 0.25) is 0 Å². The number of nitrogens with one attached hydrogen (secondary N) is 1. The molecule has 0 radical (unpaired) electrons. The van der Waals surface area contributed by atoms with Crippen LogP contribution in [0.4, 0.5) is 11.5 Å². The molecule has 1 saturated heterocycles. The molecule has 2 aromatic rings. The summed E-state index contributed by atoms with van der Waals surface area (Å²) in [6.07, 6.45) is 1.00. The summed E-state index contributed by atoms with van der Waals surface area (Å²) in [5, 5.41) is 12.2. The highest BCUT2D eigenvalue weighted by Gasteiger charge is 2.16. The molecule has 1 aliphatic heterocycles. The minimum Gasteiger partial charge on any atom is -0.477 e. The Balaban J connectivity index is 1.38. The zero-order chi connectivity index (χ0) is 18.4. The van der Waals surface area contributed by atoms with E-state index in [2.05, 4.69) is 51.3 Å². The highest BCUT2D eigenvalue weighted by molar-refractivity contribution is 5.85. The Hall–Kier alpha value is -2.60. The Morgan fingerprint density at radius 2 is 1.92 bits per heavy atom. The lowest BCUT2D eigenvalue weighted by Crippen LogP contribution is -2.46. The largest absolute Gasteiger partial charge is 0.477 e. The standard InChI is InChI=1S/C20H26N4O2/c1-16-5-2-6-17(15-16)24-13-11-23(12-14-24)10-4-9-21-19-8-3-7-18(22-19)20(25)26/h2-3,5-8,15H,4,9-14H2,1H3,(H,21,22)(H,25,26). The molecular weight excluding hydrogens is 328 g/mol. The van der Waals surface area contributed by atoms with E-state index in [0.717, 1.165) is 45.7 Å². The van der Waals surface area contributed by atoms with Crippen LogP contribution in [0.5, 0.6) is 0 Å². The van der Waals surface area contributed by atoms with Gasteiger partial charge in [-0.3, -0.25) is 4.90 Å². The van der Waals surface area contributed by atoms with Gasteiger partial charge in [-0.2, -0.15) is 0 Å². The van der Waals surface area contributed by atoms with Crippen molar-refractivity contribution in [1.29, 1.82) is 0 Å². The number of aromatic nitrogens is 1. The number of hydrogen-bond acceptors (Lipinski definition) is 5. The molecule has 0 spiro atoms. The molecule has 6 nitrogen and oxygen atoms in total. The Labute approximate surface area is 154 Å². The fourth-order valence-electron chi connectivity index (χ4n) is 3.23. The average Bonchev–Trinajstić information content (AvgIpc) is 2.66. The van der Waals surface area contributed by atoms with Crippen molar-refractivity contribution in [3.8, 4) is 0 Å². The summed E-state index contributed by atoms with van der Waals surface area (Å²) < 4.78 is 0. The van der Waals surface area contributed by atoms with Gasteiger partial charge in [-0.1, -0.05) is 18.2 Å². The van der Waals surface area contributed by atoms with Gasteiger partial charge in [-0.05, 0) is 49.7 Å². The zero-order valence-electron chi connectivity index (χ0n) is 15.2. The molecule has 6 heteroatoms. The second kappa shape index (κ2) is 8.67. The Bertz CT molecular complexity index is 742. The molecule has 1 aliphatic rings. The molecule has 3 rings (SSSR count). The van der Waals surface area contributed by atoms with Crippen LogP contribution >= 0.6 is 0 Å². The van der Waals surface area contributed by atoms with E-state index in [1.165, 1.54) is 17.3 Å². The van der Waals surface area contributed by atoms with Crippen molar-refractivity contribution in [2.45, 2.75) is 13.3 Å². The van der Waals surface area contributed by atoms with Crippen LogP contribution in [0.15, 0.2) is 42.5 Å². The van der Waals surface area contributed by atoms with E-state index in [0.29, 0.717) is 5.82 Å². The number of benzene rings is 1. The highest BCUT2D eigenvalue weighted by atomic mass is 16.4. The number of aromatic carboxylic acids is 1. The normalized spacial score (nSPS) is 15.0. The molecule has 1 fully saturated rings. The quantitative estimate of drug-likeness (QED) is 0.745. The van der Waals surface area contributed by atoms with Crippen LogP contribution in [0.1, 0.15) is 22.5 Å². The van der Waals surface area contributed by atoms with E-state index in [1.807, 2.05) is 0 Å². The Morgan fingerprint density at radius 3 is 2.65 bits per heavy atom.